The number of carbonyl (C=O) groups excluding carboxylic acids is 1. The van der Waals surface area contributed by atoms with E-state index in [0.717, 1.165) is 24.5 Å². The summed E-state index contributed by atoms with van der Waals surface area (Å²) in [5, 5.41) is 0. The summed E-state index contributed by atoms with van der Waals surface area (Å²) in [5.74, 6) is 1.55. The van der Waals surface area contributed by atoms with Crippen molar-refractivity contribution in [1.29, 1.82) is 0 Å². The van der Waals surface area contributed by atoms with Crippen molar-refractivity contribution in [3.63, 3.8) is 0 Å². The van der Waals surface area contributed by atoms with E-state index < -0.39 is 5.82 Å². The lowest BCUT2D eigenvalue weighted by atomic mass is 10.1. The lowest BCUT2D eigenvalue weighted by Gasteiger charge is -2.34. The number of hydrogen-bond donors (Lipinski definition) is 0. The van der Waals surface area contributed by atoms with Gasteiger partial charge in [0.2, 0.25) is 5.89 Å². The minimum Gasteiger partial charge on any atom is -0.497 e. The van der Waals surface area contributed by atoms with Crippen LogP contribution < -0.4 is 9.47 Å². The lowest BCUT2D eigenvalue weighted by molar-refractivity contribution is 0.0626. The third-order valence-corrected chi connectivity index (χ3v) is 5.64. The molecule has 7 nitrogen and oxygen atoms in total. The van der Waals surface area contributed by atoms with Crippen LogP contribution in [0.25, 0.3) is 11.5 Å². The molecule has 8 heteroatoms. The summed E-state index contributed by atoms with van der Waals surface area (Å²) in [5.41, 5.74) is 2.12. The highest BCUT2D eigenvalue weighted by molar-refractivity contribution is 5.94. The van der Waals surface area contributed by atoms with E-state index in [1.165, 1.54) is 13.2 Å². The molecule has 0 aliphatic carbocycles. The zero-order valence-electron chi connectivity index (χ0n) is 18.4. The molecule has 0 saturated carbocycles. The van der Waals surface area contributed by atoms with Crippen LogP contribution in [-0.2, 0) is 6.54 Å². The van der Waals surface area contributed by atoms with E-state index in [0.29, 0.717) is 42.4 Å². The summed E-state index contributed by atoms with van der Waals surface area (Å²) in [6, 6.07) is 11.8. The van der Waals surface area contributed by atoms with Crippen LogP contribution in [0.5, 0.6) is 11.5 Å². The summed E-state index contributed by atoms with van der Waals surface area (Å²) in [6.07, 6.45) is 0. The Labute approximate surface area is 186 Å². The van der Waals surface area contributed by atoms with Gasteiger partial charge in [0.25, 0.3) is 5.91 Å². The number of hydrogen-bond acceptors (Lipinski definition) is 6. The highest BCUT2D eigenvalue weighted by atomic mass is 19.1. The van der Waals surface area contributed by atoms with Crippen molar-refractivity contribution in [1.82, 2.24) is 14.8 Å². The molecule has 0 bridgehead atoms. The van der Waals surface area contributed by atoms with Gasteiger partial charge in [0, 0.05) is 43.9 Å². The molecule has 1 saturated heterocycles. The smallest absolute Gasteiger partial charge is 0.254 e. The molecule has 0 radical (unpaired) electrons. The maximum atomic E-state index is 13.7. The number of piperazine rings is 1. The molecule has 3 aromatic rings. The average molecular weight is 439 g/mol. The van der Waals surface area contributed by atoms with Gasteiger partial charge in [-0.3, -0.25) is 9.69 Å². The average Bonchev–Trinajstić information content (AvgIpc) is 3.19. The summed E-state index contributed by atoms with van der Waals surface area (Å²) in [7, 11) is 3.01. The van der Waals surface area contributed by atoms with Gasteiger partial charge in [-0.2, -0.15) is 0 Å². The van der Waals surface area contributed by atoms with Gasteiger partial charge in [-0.25, -0.2) is 9.37 Å². The monoisotopic (exact) mass is 439 g/mol. The predicted molar refractivity (Wildman–Crippen MR) is 117 cm³/mol. The van der Waals surface area contributed by atoms with E-state index in [1.54, 1.807) is 25.3 Å². The Morgan fingerprint density at radius 2 is 1.88 bits per heavy atom. The SMILES string of the molecule is COc1cccc(C(=O)N2CCN(Cc3nc(-c4ccc(F)c(OC)c4)oc3C)CC2)c1. The Hall–Kier alpha value is -3.39. The number of methoxy groups -OCH3 is 2. The first kappa shape index (κ1) is 21.8. The van der Waals surface area contributed by atoms with Gasteiger partial charge < -0.3 is 18.8 Å². The van der Waals surface area contributed by atoms with E-state index in [-0.39, 0.29) is 11.7 Å². The topological polar surface area (TPSA) is 68.0 Å². The third-order valence-electron chi connectivity index (χ3n) is 5.64. The number of halogens is 1. The van der Waals surface area contributed by atoms with Gasteiger partial charge in [-0.15, -0.1) is 0 Å². The van der Waals surface area contributed by atoms with E-state index in [4.69, 9.17) is 13.9 Å². The van der Waals surface area contributed by atoms with Crippen LogP contribution in [0.4, 0.5) is 4.39 Å². The lowest BCUT2D eigenvalue weighted by Crippen LogP contribution is -2.48. The van der Waals surface area contributed by atoms with Crippen LogP contribution in [0.15, 0.2) is 46.9 Å². The van der Waals surface area contributed by atoms with E-state index >= 15 is 0 Å². The van der Waals surface area contributed by atoms with Crippen LogP contribution in [0.2, 0.25) is 0 Å². The zero-order chi connectivity index (χ0) is 22.7. The molecule has 1 aliphatic heterocycles. The fraction of sp³-hybridized carbons (Fsp3) is 0.333. The molecular formula is C24H26FN3O4. The Morgan fingerprint density at radius 1 is 1.09 bits per heavy atom. The second-order valence-corrected chi connectivity index (χ2v) is 7.67. The van der Waals surface area contributed by atoms with Gasteiger partial charge in [-0.1, -0.05) is 6.07 Å². The van der Waals surface area contributed by atoms with Gasteiger partial charge in [0.05, 0.1) is 19.9 Å². The summed E-state index contributed by atoms with van der Waals surface area (Å²) in [6.45, 7) is 5.23. The van der Waals surface area contributed by atoms with Gasteiger partial charge in [-0.05, 0) is 43.3 Å². The van der Waals surface area contributed by atoms with Crippen LogP contribution in [0, 0.1) is 12.7 Å². The molecular weight excluding hydrogens is 413 g/mol. The number of aromatic nitrogens is 1. The van der Waals surface area contributed by atoms with Crippen LogP contribution >= 0.6 is 0 Å². The van der Waals surface area contributed by atoms with Crippen molar-refractivity contribution in [2.75, 3.05) is 40.4 Å². The van der Waals surface area contributed by atoms with Crippen LogP contribution in [0.1, 0.15) is 21.8 Å². The number of rotatable bonds is 6. The van der Waals surface area contributed by atoms with E-state index in [1.807, 2.05) is 30.0 Å². The quantitative estimate of drug-likeness (QED) is 0.583. The fourth-order valence-electron chi connectivity index (χ4n) is 3.75. The maximum absolute atomic E-state index is 13.7. The van der Waals surface area contributed by atoms with Crippen molar-refractivity contribution in [2.45, 2.75) is 13.5 Å². The third kappa shape index (κ3) is 4.60. The highest BCUT2D eigenvalue weighted by Crippen LogP contribution is 2.28. The molecule has 0 atom stereocenters. The molecule has 1 aromatic heterocycles. The molecule has 0 unspecified atom stereocenters. The van der Waals surface area contributed by atoms with Crippen molar-refractivity contribution >= 4 is 5.91 Å². The minimum atomic E-state index is -0.430. The molecule has 1 fully saturated rings. The first-order chi connectivity index (χ1) is 15.5. The molecule has 2 aromatic carbocycles. The Kier molecular flexibility index (Phi) is 6.41. The Balaban J connectivity index is 1.39. The summed E-state index contributed by atoms with van der Waals surface area (Å²) < 4.78 is 29.8. The number of oxazole rings is 1. The van der Waals surface area contributed by atoms with Crippen LogP contribution in [-0.4, -0.2) is 61.1 Å². The Bertz CT molecular complexity index is 1110. The number of ether oxygens (including phenoxy) is 2. The number of nitrogens with zero attached hydrogens (tertiary/aromatic N) is 3. The fourth-order valence-corrected chi connectivity index (χ4v) is 3.75. The first-order valence-corrected chi connectivity index (χ1v) is 10.4. The second kappa shape index (κ2) is 9.40. The molecule has 4 rings (SSSR count). The maximum Gasteiger partial charge on any atom is 0.254 e. The van der Waals surface area contributed by atoms with Crippen molar-refractivity contribution in [3.8, 4) is 23.0 Å². The van der Waals surface area contributed by atoms with Gasteiger partial charge in [0.1, 0.15) is 11.5 Å². The largest absolute Gasteiger partial charge is 0.497 e. The van der Waals surface area contributed by atoms with Crippen molar-refractivity contribution in [3.05, 3.63) is 65.3 Å². The normalized spacial score (nSPS) is 14.4. The molecule has 2 heterocycles. The van der Waals surface area contributed by atoms with Gasteiger partial charge >= 0.3 is 0 Å². The molecule has 0 spiro atoms. The van der Waals surface area contributed by atoms with E-state index in [9.17, 15) is 9.18 Å². The molecule has 168 valence electrons. The summed E-state index contributed by atoms with van der Waals surface area (Å²) in [4.78, 5) is 21.5. The number of aryl methyl sites for hydroxylation is 1. The van der Waals surface area contributed by atoms with E-state index in [2.05, 4.69) is 9.88 Å². The minimum absolute atomic E-state index is 0.00806. The molecule has 1 amide bonds. The molecule has 1 aliphatic rings. The Morgan fingerprint density at radius 3 is 2.59 bits per heavy atom. The standard InChI is InChI=1S/C24H26FN3O4/c1-16-21(26-23(32-16)17-7-8-20(25)22(14-17)31-3)15-27-9-11-28(12-10-27)24(29)18-5-4-6-19(13-18)30-2/h4-8,13-14H,9-12,15H2,1-3H3. The second-order valence-electron chi connectivity index (χ2n) is 7.67. The summed E-state index contributed by atoms with van der Waals surface area (Å²) >= 11 is 0. The predicted octanol–water partition coefficient (Wildman–Crippen LogP) is 3.76. The number of amides is 1. The van der Waals surface area contributed by atoms with Crippen molar-refractivity contribution in [2.24, 2.45) is 0 Å². The van der Waals surface area contributed by atoms with Crippen molar-refractivity contribution < 1.29 is 23.1 Å². The zero-order valence-corrected chi connectivity index (χ0v) is 18.4. The highest BCUT2D eigenvalue weighted by Gasteiger charge is 2.24. The molecule has 0 N–H and O–H groups in total. The van der Waals surface area contributed by atoms with Crippen LogP contribution in [0.3, 0.4) is 0 Å². The molecule has 32 heavy (non-hydrogen) atoms. The van der Waals surface area contributed by atoms with Gasteiger partial charge in [0.15, 0.2) is 11.6 Å². The number of benzene rings is 2. The number of carbonyl (C=O) groups is 1. The first-order valence-electron chi connectivity index (χ1n) is 10.4.